The van der Waals surface area contributed by atoms with Gasteiger partial charge < -0.3 is 20.1 Å². The van der Waals surface area contributed by atoms with E-state index in [1.807, 2.05) is 0 Å². The molecule has 0 spiro atoms. The van der Waals surface area contributed by atoms with E-state index in [0.717, 1.165) is 76.8 Å². The number of amides is 2. The first-order valence-corrected chi connectivity index (χ1v) is 26.1. The Labute approximate surface area is 368 Å². The fourth-order valence-electron chi connectivity index (χ4n) is 8.65. The summed E-state index contributed by atoms with van der Waals surface area (Å²) < 4.78 is 6.22. The molecule has 0 aliphatic rings. The number of carboxylic acid groups (broad SMARTS) is 1. The van der Waals surface area contributed by atoms with Crippen LogP contribution in [0, 0.1) is 11.8 Å². The zero-order valence-electron chi connectivity index (χ0n) is 40.8. The van der Waals surface area contributed by atoms with Crippen molar-refractivity contribution in [2.75, 3.05) is 13.1 Å². The first-order valence-electron chi connectivity index (χ1n) is 26.1. The van der Waals surface area contributed by atoms with Gasteiger partial charge >= 0.3 is 12.0 Å². The maximum Gasteiger partial charge on any atom is 0.317 e. The van der Waals surface area contributed by atoms with Gasteiger partial charge in [0, 0.05) is 25.6 Å². The molecule has 0 saturated carbocycles. The second-order valence-electron chi connectivity index (χ2n) is 18.2. The lowest BCUT2D eigenvalue weighted by atomic mass is 9.88. The number of rotatable bonds is 43. The van der Waals surface area contributed by atoms with Crippen LogP contribution in [0.2, 0.25) is 0 Å². The molecular formula is C52H104N2O5. The molecule has 352 valence electrons. The van der Waals surface area contributed by atoms with Crippen molar-refractivity contribution in [1.82, 2.24) is 10.2 Å². The van der Waals surface area contributed by atoms with E-state index >= 15 is 0 Å². The van der Waals surface area contributed by atoms with E-state index in [-0.39, 0.29) is 30.6 Å². The number of esters is 1. The van der Waals surface area contributed by atoms with Gasteiger partial charge in [0.05, 0.1) is 0 Å². The van der Waals surface area contributed by atoms with Gasteiger partial charge in [0.15, 0.2) is 0 Å². The highest BCUT2D eigenvalue weighted by Gasteiger charge is 2.24. The minimum atomic E-state index is -0.250. The van der Waals surface area contributed by atoms with Crippen molar-refractivity contribution in [3.8, 4) is 0 Å². The number of nitrogens with one attached hydrogen (secondary N) is 1. The summed E-state index contributed by atoms with van der Waals surface area (Å²) in [5.74, 6) is 1.42. The molecule has 0 aromatic rings. The Bertz CT molecular complexity index is 857. The summed E-state index contributed by atoms with van der Waals surface area (Å²) >= 11 is 0. The Kier molecular flexibility index (Phi) is 47.5. The van der Waals surface area contributed by atoms with Crippen molar-refractivity contribution in [2.24, 2.45) is 11.8 Å². The summed E-state index contributed by atoms with van der Waals surface area (Å²) in [6, 6.07) is 0.280. The summed E-state index contributed by atoms with van der Waals surface area (Å²) in [7, 11) is 0. The first kappa shape index (κ1) is 59.3. The van der Waals surface area contributed by atoms with E-state index in [1.54, 1.807) is 0 Å². The summed E-state index contributed by atoms with van der Waals surface area (Å²) in [4.78, 5) is 37.7. The molecule has 2 N–H and O–H groups in total. The molecule has 0 bridgehead atoms. The van der Waals surface area contributed by atoms with E-state index in [1.165, 1.54) is 167 Å². The molecule has 0 saturated heterocycles. The number of ether oxygens (including phenoxy) is 1. The summed E-state index contributed by atoms with van der Waals surface area (Å²) in [6.45, 7) is 17.2. The number of unbranched alkanes of at least 4 members (excludes halogenated alkanes) is 18. The van der Waals surface area contributed by atoms with E-state index < -0.39 is 0 Å². The Hall–Kier alpha value is -1.79. The predicted molar refractivity (Wildman–Crippen MR) is 255 cm³/mol. The molecular weight excluding hydrogens is 733 g/mol. The average molecular weight is 837 g/mol. The molecule has 0 radical (unpaired) electrons. The zero-order chi connectivity index (χ0) is 44.0. The second-order valence-corrected chi connectivity index (χ2v) is 18.2. The van der Waals surface area contributed by atoms with Crippen LogP contribution >= 0.6 is 0 Å². The van der Waals surface area contributed by atoms with Gasteiger partial charge in [-0.15, -0.1) is 0 Å². The molecule has 0 aromatic carbocycles. The number of carbonyl (C=O) groups is 3. The third kappa shape index (κ3) is 40.1. The molecule has 0 fully saturated rings. The van der Waals surface area contributed by atoms with Crippen molar-refractivity contribution in [1.29, 1.82) is 0 Å². The maximum atomic E-state index is 13.9. The van der Waals surface area contributed by atoms with Crippen molar-refractivity contribution in [2.45, 2.75) is 292 Å². The van der Waals surface area contributed by atoms with Crippen LogP contribution in [0.5, 0.6) is 0 Å². The Morgan fingerprint density at radius 2 is 0.932 bits per heavy atom. The highest BCUT2D eigenvalue weighted by atomic mass is 16.5. The maximum absolute atomic E-state index is 13.9. The fourth-order valence-corrected chi connectivity index (χ4v) is 8.65. The molecule has 0 aliphatic carbocycles. The van der Waals surface area contributed by atoms with Crippen molar-refractivity contribution in [3.05, 3.63) is 0 Å². The van der Waals surface area contributed by atoms with Gasteiger partial charge in [-0.25, -0.2) is 4.79 Å². The Balaban J connectivity index is 0. The van der Waals surface area contributed by atoms with Gasteiger partial charge in [-0.05, 0) is 69.6 Å². The van der Waals surface area contributed by atoms with E-state index in [9.17, 15) is 9.59 Å². The van der Waals surface area contributed by atoms with Crippen LogP contribution in [0.3, 0.4) is 0 Å². The Morgan fingerprint density at radius 3 is 1.41 bits per heavy atom. The quantitative estimate of drug-likeness (QED) is 0.0362. The molecule has 2 atom stereocenters. The highest BCUT2D eigenvalue weighted by molar-refractivity contribution is 5.74. The predicted octanol–water partition coefficient (Wildman–Crippen LogP) is 16.4. The number of nitrogens with zero attached hydrogens (tertiary/aromatic N) is 1. The molecule has 7 nitrogen and oxygen atoms in total. The first-order chi connectivity index (χ1) is 28.8. The van der Waals surface area contributed by atoms with Gasteiger partial charge in [-0.1, -0.05) is 215 Å². The van der Waals surface area contributed by atoms with Crippen molar-refractivity contribution >= 4 is 18.5 Å². The molecule has 0 aliphatic heterocycles. The van der Waals surface area contributed by atoms with Crippen LogP contribution in [-0.2, 0) is 14.3 Å². The lowest BCUT2D eigenvalue weighted by Gasteiger charge is -2.33. The third-order valence-corrected chi connectivity index (χ3v) is 12.4. The van der Waals surface area contributed by atoms with Gasteiger partial charge in [0.25, 0.3) is 6.47 Å². The van der Waals surface area contributed by atoms with Gasteiger partial charge in [0.2, 0.25) is 0 Å². The van der Waals surface area contributed by atoms with Gasteiger partial charge in [-0.3, -0.25) is 9.59 Å². The average Bonchev–Trinajstić information content (AvgIpc) is 3.22. The summed E-state index contributed by atoms with van der Waals surface area (Å²) in [5.41, 5.74) is 0. The van der Waals surface area contributed by atoms with E-state index in [2.05, 4.69) is 58.7 Å². The smallest absolute Gasteiger partial charge is 0.317 e. The topological polar surface area (TPSA) is 95.9 Å². The summed E-state index contributed by atoms with van der Waals surface area (Å²) in [6.07, 6.45) is 43.6. The number of urea groups is 1. The highest BCUT2D eigenvalue weighted by Crippen LogP contribution is 2.27. The Morgan fingerprint density at radius 1 is 0.525 bits per heavy atom. The largest absolute Gasteiger partial charge is 0.483 e. The van der Waals surface area contributed by atoms with Gasteiger partial charge in [-0.2, -0.15) is 0 Å². The minimum absolute atomic E-state index is 0.0226. The number of carbonyl (C=O) groups excluding carboxylic acids is 2. The standard InChI is InChI=1S/C51H102N2O3.CH2O2/c1-8-14-19-23-28-35-47(36-29-24-20-15-9-2)37-32-38-48(53(45-13-6)51(55)52-44-43-46(7)34-27-18-12-5)39-33-42-50(54)56-49(40-30-25-21-16-10-3)41-31-26-22-17-11-4;2-1-3/h46-49H,8-45H2,1-7H3,(H,52,55);1H,(H,2,3). The van der Waals surface area contributed by atoms with Gasteiger partial charge in [0.1, 0.15) is 6.10 Å². The normalized spacial score (nSPS) is 12.3. The molecule has 0 heterocycles. The van der Waals surface area contributed by atoms with Crippen LogP contribution in [0.1, 0.15) is 280 Å². The second kappa shape index (κ2) is 47.3. The number of hydrogen-bond donors (Lipinski definition) is 2. The van der Waals surface area contributed by atoms with E-state index in [0.29, 0.717) is 12.3 Å². The molecule has 59 heavy (non-hydrogen) atoms. The molecule has 7 heteroatoms. The lowest BCUT2D eigenvalue weighted by Crippen LogP contribution is -2.47. The third-order valence-electron chi connectivity index (χ3n) is 12.4. The lowest BCUT2D eigenvalue weighted by molar-refractivity contribution is -0.150. The van der Waals surface area contributed by atoms with Crippen molar-refractivity contribution < 1.29 is 24.2 Å². The molecule has 0 aromatic heterocycles. The SMILES string of the molecule is CCCCCCCC(CCCCCCC)CCCC(CCCC(=O)OC(CCCCCCC)CCCCCCC)N(CCC)C(=O)NCCC(C)CCCCC.O=CO. The molecule has 2 unspecified atom stereocenters. The van der Waals surface area contributed by atoms with Crippen LogP contribution in [0.4, 0.5) is 4.79 Å². The van der Waals surface area contributed by atoms with E-state index in [4.69, 9.17) is 14.6 Å². The summed E-state index contributed by atoms with van der Waals surface area (Å²) in [5, 5.41) is 10.2. The van der Waals surface area contributed by atoms with Crippen molar-refractivity contribution in [3.63, 3.8) is 0 Å². The molecule has 0 rings (SSSR count). The number of hydrogen-bond acceptors (Lipinski definition) is 4. The van der Waals surface area contributed by atoms with Crippen LogP contribution < -0.4 is 5.32 Å². The van der Waals surface area contributed by atoms with Crippen LogP contribution in [0.25, 0.3) is 0 Å². The molecule has 2 amide bonds. The van der Waals surface area contributed by atoms with Crippen LogP contribution in [-0.4, -0.2) is 53.7 Å². The monoisotopic (exact) mass is 837 g/mol. The fraction of sp³-hybridized carbons (Fsp3) is 0.942. The minimum Gasteiger partial charge on any atom is -0.483 e. The zero-order valence-corrected chi connectivity index (χ0v) is 40.8. The van der Waals surface area contributed by atoms with Crippen LogP contribution in [0.15, 0.2) is 0 Å².